The van der Waals surface area contributed by atoms with Crippen molar-refractivity contribution in [2.45, 2.75) is 89.4 Å². The lowest BCUT2D eigenvalue weighted by Gasteiger charge is -2.45. The van der Waals surface area contributed by atoms with E-state index in [0.717, 1.165) is 38.5 Å². The van der Waals surface area contributed by atoms with Crippen molar-refractivity contribution in [1.29, 1.82) is 0 Å². The molecule has 3 aliphatic heterocycles. The minimum absolute atomic E-state index is 0.00448. The average molecular weight is 447 g/mol. The molecule has 8 heteroatoms. The quantitative estimate of drug-likeness (QED) is 0.613. The number of carbonyl (C=O) groups excluding carboxylic acids is 4. The Balaban J connectivity index is 1.40. The van der Waals surface area contributed by atoms with Crippen molar-refractivity contribution in [2.24, 2.45) is 23.7 Å². The molecule has 3 saturated heterocycles. The molecule has 0 aromatic carbocycles. The van der Waals surface area contributed by atoms with Crippen LogP contribution in [0.4, 0.5) is 0 Å². The first-order valence-corrected chi connectivity index (χ1v) is 12.5. The van der Waals surface area contributed by atoms with Gasteiger partial charge in [-0.2, -0.15) is 0 Å². The van der Waals surface area contributed by atoms with Crippen LogP contribution in [0.25, 0.3) is 0 Å². The van der Waals surface area contributed by atoms with Crippen molar-refractivity contribution >= 4 is 23.8 Å². The molecule has 176 valence electrons. The molecule has 0 spiro atoms. The van der Waals surface area contributed by atoms with E-state index in [1.807, 2.05) is 23.6 Å². The molecule has 3 heterocycles. The van der Waals surface area contributed by atoms with E-state index in [4.69, 9.17) is 9.47 Å². The maximum absolute atomic E-state index is 13.7. The third-order valence-corrected chi connectivity index (χ3v) is 8.69. The Hall–Kier alpha value is -2.12. The number of esters is 2. The largest absolute Gasteiger partial charge is 0.466 e. The third-order valence-electron chi connectivity index (χ3n) is 8.69. The second kappa shape index (κ2) is 8.34. The van der Waals surface area contributed by atoms with E-state index in [-0.39, 0.29) is 59.5 Å². The van der Waals surface area contributed by atoms with Gasteiger partial charge in [0.15, 0.2) is 0 Å². The average Bonchev–Trinajstić information content (AvgIpc) is 3.37. The van der Waals surface area contributed by atoms with Gasteiger partial charge in [-0.15, -0.1) is 0 Å². The number of carbonyl (C=O) groups is 4. The number of rotatable bonds is 4. The van der Waals surface area contributed by atoms with Gasteiger partial charge in [-0.25, -0.2) is 0 Å². The van der Waals surface area contributed by atoms with E-state index in [1.165, 1.54) is 0 Å². The van der Waals surface area contributed by atoms with E-state index in [1.54, 1.807) is 0 Å². The predicted molar refractivity (Wildman–Crippen MR) is 113 cm³/mol. The van der Waals surface area contributed by atoms with Crippen molar-refractivity contribution in [3.05, 3.63) is 0 Å². The molecule has 5 fully saturated rings. The lowest BCUT2D eigenvalue weighted by atomic mass is 9.75. The van der Waals surface area contributed by atoms with Gasteiger partial charge in [0.2, 0.25) is 11.8 Å². The Bertz CT molecular complexity index is 748. The second-order valence-corrected chi connectivity index (χ2v) is 10.0. The maximum Gasteiger partial charge on any atom is 0.309 e. The fourth-order valence-corrected chi connectivity index (χ4v) is 7.53. The molecule has 0 bridgehead atoms. The molecule has 8 atom stereocenters. The van der Waals surface area contributed by atoms with Gasteiger partial charge in [0, 0.05) is 12.1 Å². The maximum atomic E-state index is 13.7. The van der Waals surface area contributed by atoms with Crippen LogP contribution in [0.5, 0.6) is 0 Å². The molecule has 5 aliphatic rings. The highest BCUT2D eigenvalue weighted by molar-refractivity contribution is 5.99. The van der Waals surface area contributed by atoms with E-state index in [0.29, 0.717) is 26.1 Å². The Morgan fingerprint density at radius 2 is 1.16 bits per heavy atom. The Kier molecular flexibility index (Phi) is 5.66. The zero-order chi connectivity index (χ0) is 22.6. The summed E-state index contributed by atoms with van der Waals surface area (Å²) in [6.07, 6.45) is 6.01. The summed E-state index contributed by atoms with van der Waals surface area (Å²) in [6.45, 7) is 4.31. The van der Waals surface area contributed by atoms with E-state index < -0.39 is 12.1 Å². The molecule has 32 heavy (non-hydrogen) atoms. The van der Waals surface area contributed by atoms with Gasteiger partial charge in [0.25, 0.3) is 0 Å². The van der Waals surface area contributed by atoms with Crippen molar-refractivity contribution in [1.82, 2.24) is 9.80 Å². The minimum Gasteiger partial charge on any atom is -0.466 e. The highest BCUT2D eigenvalue weighted by atomic mass is 16.5. The molecular weight excluding hydrogens is 412 g/mol. The second-order valence-electron chi connectivity index (χ2n) is 10.0. The fraction of sp³-hybridized carbons (Fsp3) is 0.833. The SMILES string of the molecule is CCOC(=O)[C@H]1CCC[C@H]2[C@@H]1C[C@H]1C(=O)N3[C@H](C[C@@H]4[C@H]3CCC[C@H]4C(=O)OCC)C(=O)N12. The molecule has 0 aromatic rings. The number of hydrogen-bond donors (Lipinski definition) is 0. The molecule has 0 aromatic heterocycles. The summed E-state index contributed by atoms with van der Waals surface area (Å²) < 4.78 is 10.6. The number of amides is 2. The summed E-state index contributed by atoms with van der Waals surface area (Å²) in [7, 11) is 0. The van der Waals surface area contributed by atoms with Crippen molar-refractivity contribution < 1.29 is 28.7 Å². The van der Waals surface area contributed by atoms with E-state index >= 15 is 0 Å². The van der Waals surface area contributed by atoms with Crippen LogP contribution in [-0.2, 0) is 28.7 Å². The molecular formula is C24H34N2O6. The molecule has 0 unspecified atom stereocenters. The molecule has 0 radical (unpaired) electrons. The van der Waals surface area contributed by atoms with E-state index in [9.17, 15) is 19.2 Å². The highest BCUT2D eigenvalue weighted by Gasteiger charge is 2.62. The zero-order valence-corrected chi connectivity index (χ0v) is 19.0. The predicted octanol–water partition coefficient (Wildman–Crippen LogP) is 1.90. The summed E-state index contributed by atoms with van der Waals surface area (Å²) in [5, 5.41) is 0. The Morgan fingerprint density at radius 3 is 1.53 bits per heavy atom. The number of hydrogen-bond acceptors (Lipinski definition) is 6. The lowest BCUT2D eigenvalue weighted by Crippen LogP contribution is -2.64. The molecule has 2 saturated carbocycles. The first kappa shape index (κ1) is 21.7. The molecule has 8 nitrogen and oxygen atoms in total. The van der Waals surface area contributed by atoms with Crippen LogP contribution >= 0.6 is 0 Å². The third kappa shape index (κ3) is 3.16. The van der Waals surface area contributed by atoms with Crippen LogP contribution < -0.4 is 0 Å². The van der Waals surface area contributed by atoms with Gasteiger partial charge < -0.3 is 19.3 Å². The fourth-order valence-electron chi connectivity index (χ4n) is 7.53. The van der Waals surface area contributed by atoms with Crippen LogP contribution in [0.2, 0.25) is 0 Å². The van der Waals surface area contributed by atoms with Gasteiger partial charge >= 0.3 is 11.9 Å². The molecule has 2 amide bonds. The van der Waals surface area contributed by atoms with Gasteiger partial charge in [-0.05, 0) is 64.2 Å². The van der Waals surface area contributed by atoms with Crippen LogP contribution in [-0.4, -0.2) is 70.9 Å². The summed E-state index contributed by atoms with van der Waals surface area (Å²) in [4.78, 5) is 56.3. The number of ether oxygens (including phenoxy) is 2. The van der Waals surface area contributed by atoms with Gasteiger partial charge in [0.1, 0.15) is 12.1 Å². The van der Waals surface area contributed by atoms with Gasteiger partial charge in [0.05, 0.1) is 25.0 Å². The first-order valence-electron chi connectivity index (χ1n) is 12.5. The summed E-state index contributed by atoms with van der Waals surface area (Å²) in [5.41, 5.74) is 0. The Morgan fingerprint density at radius 1 is 0.750 bits per heavy atom. The van der Waals surface area contributed by atoms with Gasteiger partial charge in [-0.1, -0.05) is 12.8 Å². The lowest BCUT2D eigenvalue weighted by molar-refractivity contribution is -0.162. The van der Waals surface area contributed by atoms with Gasteiger partial charge in [-0.3, -0.25) is 19.2 Å². The number of piperazine rings is 1. The number of fused-ring (bicyclic) bond motifs is 6. The van der Waals surface area contributed by atoms with Crippen LogP contribution in [0.1, 0.15) is 65.2 Å². The standard InChI is InChI=1S/C24H34N2O6/c1-3-31-23(29)13-7-5-9-17-15(13)11-19-21(27)26-18-10-6-8-14(24(30)32-4-2)16(18)12-20(26)22(28)25(17)19/h13-20H,3-12H2,1-2H3/t13-,14+,15+,16-,17-,18+,19-,20+. The summed E-state index contributed by atoms with van der Waals surface area (Å²) >= 11 is 0. The molecule has 2 aliphatic carbocycles. The van der Waals surface area contributed by atoms with Crippen LogP contribution in [0.3, 0.4) is 0 Å². The van der Waals surface area contributed by atoms with Crippen molar-refractivity contribution in [3.8, 4) is 0 Å². The first-order chi connectivity index (χ1) is 15.5. The van der Waals surface area contributed by atoms with Crippen molar-refractivity contribution in [2.75, 3.05) is 13.2 Å². The van der Waals surface area contributed by atoms with Crippen LogP contribution in [0.15, 0.2) is 0 Å². The topological polar surface area (TPSA) is 93.2 Å². The highest BCUT2D eigenvalue weighted by Crippen LogP contribution is 2.51. The molecule has 5 rings (SSSR count). The smallest absolute Gasteiger partial charge is 0.309 e. The Labute approximate surface area is 188 Å². The summed E-state index contributed by atoms with van der Waals surface area (Å²) in [5.74, 6) is -0.813. The normalized spacial score (nSPS) is 40.3. The monoisotopic (exact) mass is 446 g/mol. The summed E-state index contributed by atoms with van der Waals surface area (Å²) in [6, 6.07) is -1.09. The van der Waals surface area contributed by atoms with Crippen molar-refractivity contribution in [3.63, 3.8) is 0 Å². The molecule has 0 N–H and O–H groups in total. The van der Waals surface area contributed by atoms with E-state index in [2.05, 4.69) is 0 Å². The number of nitrogens with zero attached hydrogens (tertiary/aromatic N) is 2. The minimum atomic E-state index is -0.481. The van der Waals surface area contributed by atoms with Crippen LogP contribution in [0, 0.1) is 23.7 Å². The zero-order valence-electron chi connectivity index (χ0n) is 19.0.